The van der Waals surface area contributed by atoms with Crippen LogP contribution >= 0.6 is 0 Å². The highest BCUT2D eigenvalue weighted by atomic mass is 16.1. The molecular formula is C13H24N2O. The molecule has 2 unspecified atom stereocenters. The van der Waals surface area contributed by atoms with Gasteiger partial charge in [-0.1, -0.05) is 19.3 Å². The molecule has 3 N–H and O–H groups in total. The Kier molecular flexibility index (Phi) is 4.22. The van der Waals surface area contributed by atoms with Crippen LogP contribution in [-0.2, 0) is 4.79 Å². The molecule has 2 fully saturated rings. The molecule has 2 aliphatic rings. The molecule has 3 heteroatoms. The third-order valence-corrected chi connectivity index (χ3v) is 4.38. The Balaban J connectivity index is 1.72. The van der Waals surface area contributed by atoms with E-state index in [1.54, 1.807) is 0 Å². The minimum absolute atomic E-state index is 0.285. The highest BCUT2D eigenvalue weighted by Crippen LogP contribution is 2.29. The van der Waals surface area contributed by atoms with E-state index in [0.29, 0.717) is 17.8 Å². The van der Waals surface area contributed by atoms with Crippen molar-refractivity contribution in [3.63, 3.8) is 0 Å². The number of nitrogens with two attached hydrogens (primary N) is 1. The Bertz CT molecular complexity index is 238. The van der Waals surface area contributed by atoms with Gasteiger partial charge >= 0.3 is 0 Å². The Morgan fingerprint density at radius 3 is 2.31 bits per heavy atom. The van der Waals surface area contributed by atoms with Gasteiger partial charge in [0.05, 0.1) is 0 Å². The van der Waals surface area contributed by atoms with E-state index in [9.17, 15) is 4.79 Å². The highest BCUT2D eigenvalue weighted by molar-refractivity contribution is 5.79. The smallest absolute Gasteiger partial charge is 0.223 e. The summed E-state index contributed by atoms with van der Waals surface area (Å²) in [5.41, 5.74) is 5.78. The van der Waals surface area contributed by atoms with Crippen LogP contribution in [0.1, 0.15) is 44.9 Å². The van der Waals surface area contributed by atoms with Crippen molar-refractivity contribution in [3.05, 3.63) is 0 Å². The van der Waals surface area contributed by atoms with Crippen LogP contribution in [0, 0.1) is 17.8 Å². The van der Waals surface area contributed by atoms with Crippen molar-refractivity contribution in [2.24, 2.45) is 23.5 Å². The summed E-state index contributed by atoms with van der Waals surface area (Å²) in [7, 11) is 0. The van der Waals surface area contributed by atoms with Crippen LogP contribution in [0.5, 0.6) is 0 Å². The molecule has 2 aliphatic carbocycles. The molecule has 16 heavy (non-hydrogen) atoms. The molecular weight excluding hydrogens is 200 g/mol. The molecule has 0 aromatic rings. The van der Waals surface area contributed by atoms with E-state index in [0.717, 1.165) is 25.9 Å². The SMILES string of the molecule is NCC1CCCCC1CNC(=O)C1CCC1. The van der Waals surface area contributed by atoms with Gasteiger partial charge in [-0.05, 0) is 44.1 Å². The standard InChI is InChI=1S/C13H24N2O/c14-8-11-4-1-2-5-12(11)9-15-13(16)10-6-3-7-10/h10-12H,1-9,14H2,(H,15,16). The van der Waals surface area contributed by atoms with Gasteiger partial charge in [-0.15, -0.1) is 0 Å². The first kappa shape index (κ1) is 11.9. The van der Waals surface area contributed by atoms with Crippen LogP contribution in [0.25, 0.3) is 0 Å². The lowest BCUT2D eigenvalue weighted by atomic mass is 9.79. The maximum atomic E-state index is 11.7. The molecule has 0 heterocycles. The average molecular weight is 224 g/mol. The Morgan fingerprint density at radius 2 is 1.75 bits per heavy atom. The van der Waals surface area contributed by atoms with Gasteiger partial charge in [0.1, 0.15) is 0 Å². The summed E-state index contributed by atoms with van der Waals surface area (Å²) in [6, 6.07) is 0. The van der Waals surface area contributed by atoms with E-state index in [4.69, 9.17) is 5.73 Å². The zero-order valence-electron chi connectivity index (χ0n) is 10.1. The largest absolute Gasteiger partial charge is 0.356 e. The maximum absolute atomic E-state index is 11.7. The number of carbonyl (C=O) groups excluding carboxylic acids is 1. The number of hydrogen-bond acceptors (Lipinski definition) is 2. The van der Waals surface area contributed by atoms with Crippen molar-refractivity contribution in [2.75, 3.05) is 13.1 Å². The molecule has 0 aliphatic heterocycles. The molecule has 2 rings (SSSR count). The topological polar surface area (TPSA) is 55.1 Å². The quantitative estimate of drug-likeness (QED) is 0.763. The molecule has 0 aromatic carbocycles. The third kappa shape index (κ3) is 2.76. The van der Waals surface area contributed by atoms with Gasteiger partial charge in [0.2, 0.25) is 5.91 Å². The van der Waals surface area contributed by atoms with Gasteiger partial charge < -0.3 is 11.1 Å². The molecule has 2 saturated carbocycles. The highest BCUT2D eigenvalue weighted by Gasteiger charge is 2.28. The minimum Gasteiger partial charge on any atom is -0.356 e. The van der Waals surface area contributed by atoms with Gasteiger partial charge in [0.15, 0.2) is 0 Å². The molecule has 2 atom stereocenters. The second kappa shape index (κ2) is 5.67. The molecule has 3 nitrogen and oxygen atoms in total. The van der Waals surface area contributed by atoms with Gasteiger partial charge in [-0.3, -0.25) is 4.79 Å². The number of rotatable bonds is 4. The van der Waals surface area contributed by atoms with Crippen molar-refractivity contribution in [1.29, 1.82) is 0 Å². The van der Waals surface area contributed by atoms with Crippen LogP contribution < -0.4 is 11.1 Å². The van der Waals surface area contributed by atoms with E-state index in [2.05, 4.69) is 5.32 Å². The van der Waals surface area contributed by atoms with E-state index >= 15 is 0 Å². The van der Waals surface area contributed by atoms with E-state index in [1.807, 2.05) is 0 Å². The van der Waals surface area contributed by atoms with Crippen LogP contribution in [0.4, 0.5) is 0 Å². The lowest BCUT2D eigenvalue weighted by molar-refractivity contribution is -0.127. The predicted molar refractivity (Wildman–Crippen MR) is 64.9 cm³/mol. The van der Waals surface area contributed by atoms with Gasteiger partial charge in [-0.2, -0.15) is 0 Å². The summed E-state index contributed by atoms with van der Waals surface area (Å²) in [4.78, 5) is 11.7. The van der Waals surface area contributed by atoms with Gasteiger partial charge in [0.25, 0.3) is 0 Å². The van der Waals surface area contributed by atoms with Gasteiger partial charge in [-0.25, -0.2) is 0 Å². The van der Waals surface area contributed by atoms with Crippen LogP contribution in [0.3, 0.4) is 0 Å². The minimum atomic E-state index is 0.285. The van der Waals surface area contributed by atoms with E-state index in [-0.39, 0.29) is 5.91 Å². The number of hydrogen-bond donors (Lipinski definition) is 2. The zero-order chi connectivity index (χ0) is 11.4. The monoisotopic (exact) mass is 224 g/mol. The summed E-state index contributed by atoms with van der Waals surface area (Å²) in [6.07, 6.45) is 8.53. The van der Waals surface area contributed by atoms with Crippen molar-refractivity contribution < 1.29 is 4.79 Å². The first-order valence-corrected chi connectivity index (χ1v) is 6.79. The third-order valence-electron chi connectivity index (χ3n) is 4.38. The average Bonchev–Trinajstić information content (AvgIpc) is 2.24. The fourth-order valence-electron chi connectivity index (χ4n) is 2.91. The van der Waals surface area contributed by atoms with Crippen molar-refractivity contribution in [2.45, 2.75) is 44.9 Å². The van der Waals surface area contributed by atoms with Crippen LogP contribution in [-0.4, -0.2) is 19.0 Å². The fourth-order valence-corrected chi connectivity index (χ4v) is 2.91. The molecule has 0 saturated heterocycles. The first-order chi connectivity index (χ1) is 7.81. The molecule has 1 amide bonds. The molecule has 0 radical (unpaired) electrons. The predicted octanol–water partition coefficient (Wildman–Crippen LogP) is 1.67. The van der Waals surface area contributed by atoms with Crippen molar-refractivity contribution in [1.82, 2.24) is 5.32 Å². The lowest BCUT2D eigenvalue weighted by Gasteiger charge is -2.32. The number of carbonyl (C=O) groups is 1. The van der Waals surface area contributed by atoms with E-state index in [1.165, 1.54) is 32.1 Å². The Hall–Kier alpha value is -0.570. The summed E-state index contributed by atoms with van der Waals surface area (Å²) < 4.78 is 0. The fraction of sp³-hybridized carbons (Fsp3) is 0.923. The Labute approximate surface area is 98.2 Å². The first-order valence-electron chi connectivity index (χ1n) is 6.79. The maximum Gasteiger partial charge on any atom is 0.223 e. The normalized spacial score (nSPS) is 30.8. The number of nitrogens with one attached hydrogen (secondary N) is 1. The summed E-state index contributed by atoms with van der Waals surface area (Å²) in [6.45, 7) is 1.64. The summed E-state index contributed by atoms with van der Waals surface area (Å²) in [5.74, 6) is 1.87. The summed E-state index contributed by atoms with van der Waals surface area (Å²) >= 11 is 0. The lowest BCUT2D eigenvalue weighted by Crippen LogP contribution is -2.40. The van der Waals surface area contributed by atoms with Crippen molar-refractivity contribution in [3.8, 4) is 0 Å². The van der Waals surface area contributed by atoms with Gasteiger partial charge in [0, 0.05) is 12.5 Å². The van der Waals surface area contributed by atoms with Crippen LogP contribution in [0.15, 0.2) is 0 Å². The van der Waals surface area contributed by atoms with E-state index < -0.39 is 0 Å². The molecule has 0 spiro atoms. The second-order valence-corrected chi connectivity index (χ2v) is 5.41. The second-order valence-electron chi connectivity index (χ2n) is 5.41. The molecule has 0 bridgehead atoms. The van der Waals surface area contributed by atoms with Crippen molar-refractivity contribution >= 4 is 5.91 Å². The Morgan fingerprint density at radius 1 is 1.06 bits per heavy atom. The molecule has 0 aromatic heterocycles. The zero-order valence-corrected chi connectivity index (χ0v) is 10.1. The van der Waals surface area contributed by atoms with Crippen LogP contribution in [0.2, 0.25) is 0 Å². The number of amides is 1. The molecule has 92 valence electrons. The summed E-state index contributed by atoms with van der Waals surface area (Å²) in [5, 5.41) is 3.12.